The summed E-state index contributed by atoms with van der Waals surface area (Å²) in [6.07, 6.45) is -0.960. The maximum atomic E-state index is 12.9. The van der Waals surface area contributed by atoms with Crippen molar-refractivity contribution >= 4 is 28.9 Å². The number of halogens is 3. The summed E-state index contributed by atoms with van der Waals surface area (Å²) in [5, 5.41) is 5.87. The number of piperidine rings is 1. The first kappa shape index (κ1) is 22.6. The molecular formula is C24H24F3N5O. The van der Waals surface area contributed by atoms with Crippen LogP contribution in [-0.2, 0) is 6.18 Å². The summed E-state index contributed by atoms with van der Waals surface area (Å²) in [6.45, 7) is 3.82. The number of aryl methyl sites for hydroxylation is 1. The van der Waals surface area contributed by atoms with E-state index in [2.05, 4.69) is 25.5 Å². The molecule has 2 heterocycles. The van der Waals surface area contributed by atoms with Crippen LogP contribution >= 0.6 is 0 Å². The molecule has 1 aliphatic heterocycles. The Bertz CT molecular complexity index is 1130. The third-order valence-electron chi connectivity index (χ3n) is 5.37. The second-order valence-electron chi connectivity index (χ2n) is 7.94. The van der Waals surface area contributed by atoms with Gasteiger partial charge in [0.15, 0.2) is 0 Å². The highest BCUT2D eigenvalue weighted by Crippen LogP contribution is 2.30. The van der Waals surface area contributed by atoms with Gasteiger partial charge in [0.05, 0.1) is 5.56 Å². The lowest BCUT2D eigenvalue weighted by atomic mass is 10.1. The van der Waals surface area contributed by atoms with E-state index in [0.717, 1.165) is 49.6 Å². The van der Waals surface area contributed by atoms with Crippen LogP contribution in [0, 0.1) is 6.92 Å². The summed E-state index contributed by atoms with van der Waals surface area (Å²) in [5.74, 6) is 1.63. The zero-order valence-electron chi connectivity index (χ0n) is 18.1. The average Bonchev–Trinajstić information content (AvgIpc) is 2.80. The molecule has 1 aliphatic rings. The quantitative estimate of drug-likeness (QED) is 0.510. The van der Waals surface area contributed by atoms with Crippen molar-refractivity contribution in [2.75, 3.05) is 28.6 Å². The number of anilines is 4. The van der Waals surface area contributed by atoms with Crippen LogP contribution in [-0.4, -0.2) is 29.0 Å². The molecule has 9 heteroatoms. The average molecular weight is 455 g/mol. The van der Waals surface area contributed by atoms with Gasteiger partial charge in [-0.25, -0.2) is 9.97 Å². The number of hydrogen-bond acceptors (Lipinski definition) is 5. The first-order valence-electron chi connectivity index (χ1n) is 10.7. The summed E-state index contributed by atoms with van der Waals surface area (Å²) in [5.41, 5.74) is 0.304. The second-order valence-corrected chi connectivity index (χ2v) is 7.94. The van der Waals surface area contributed by atoms with E-state index in [4.69, 9.17) is 0 Å². The molecule has 0 atom stereocenters. The fraction of sp³-hybridized carbons (Fsp3) is 0.292. The maximum absolute atomic E-state index is 12.9. The summed E-state index contributed by atoms with van der Waals surface area (Å²) in [6, 6.07) is 13.1. The third kappa shape index (κ3) is 5.79. The number of hydrogen-bond donors (Lipinski definition) is 2. The van der Waals surface area contributed by atoms with Gasteiger partial charge in [0.25, 0.3) is 5.91 Å². The van der Waals surface area contributed by atoms with Crippen LogP contribution in [0.5, 0.6) is 0 Å². The number of carbonyl (C=O) groups is 1. The van der Waals surface area contributed by atoms with Crippen molar-refractivity contribution in [1.82, 2.24) is 9.97 Å². The fourth-order valence-corrected chi connectivity index (χ4v) is 3.73. The van der Waals surface area contributed by atoms with Gasteiger partial charge in [-0.15, -0.1) is 0 Å². The van der Waals surface area contributed by atoms with Crippen molar-refractivity contribution in [3.63, 3.8) is 0 Å². The van der Waals surface area contributed by atoms with Crippen LogP contribution in [0.15, 0.2) is 54.6 Å². The first-order valence-corrected chi connectivity index (χ1v) is 10.7. The smallest absolute Gasteiger partial charge is 0.356 e. The van der Waals surface area contributed by atoms with Crippen molar-refractivity contribution in [3.8, 4) is 0 Å². The molecule has 172 valence electrons. The van der Waals surface area contributed by atoms with Gasteiger partial charge >= 0.3 is 6.18 Å². The van der Waals surface area contributed by atoms with Crippen LogP contribution in [0.4, 0.5) is 36.2 Å². The van der Waals surface area contributed by atoms with Gasteiger partial charge < -0.3 is 15.5 Å². The van der Waals surface area contributed by atoms with E-state index >= 15 is 0 Å². The molecular weight excluding hydrogens is 431 g/mol. The van der Waals surface area contributed by atoms with Crippen molar-refractivity contribution in [2.24, 2.45) is 0 Å². The molecule has 2 aromatic carbocycles. The van der Waals surface area contributed by atoms with E-state index in [-0.39, 0.29) is 5.56 Å². The molecule has 33 heavy (non-hydrogen) atoms. The number of carbonyl (C=O) groups excluding carboxylic acids is 1. The molecule has 2 N–H and O–H groups in total. The van der Waals surface area contributed by atoms with Gasteiger partial charge in [0, 0.05) is 36.1 Å². The minimum atomic E-state index is -4.50. The molecule has 1 amide bonds. The van der Waals surface area contributed by atoms with Crippen LogP contribution in [0.2, 0.25) is 0 Å². The molecule has 1 saturated heterocycles. The Hall–Kier alpha value is -3.62. The van der Waals surface area contributed by atoms with Gasteiger partial charge in [0.1, 0.15) is 17.5 Å². The number of nitrogens with zero attached hydrogens (tertiary/aromatic N) is 3. The molecule has 0 radical (unpaired) electrons. The highest BCUT2D eigenvalue weighted by molar-refractivity contribution is 6.04. The second kappa shape index (κ2) is 9.48. The molecule has 0 spiro atoms. The van der Waals surface area contributed by atoms with Crippen LogP contribution < -0.4 is 15.5 Å². The van der Waals surface area contributed by atoms with Gasteiger partial charge in [-0.2, -0.15) is 13.2 Å². The number of rotatable bonds is 5. The van der Waals surface area contributed by atoms with Gasteiger partial charge in [-0.05, 0) is 68.7 Å². The standard InChI is InChI=1S/C24H24F3N5O/c1-16-28-21(15-22(29-16)32-12-3-2-4-13-32)30-19-8-10-20(11-9-19)31-23(33)17-6-5-7-18(14-17)24(25,26)27/h5-11,14-15H,2-4,12-13H2,1H3,(H,31,33)(H,28,29,30). The number of alkyl halides is 3. The zero-order valence-corrected chi connectivity index (χ0v) is 18.1. The van der Waals surface area contributed by atoms with Gasteiger partial charge in [-0.1, -0.05) is 6.07 Å². The van der Waals surface area contributed by atoms with Crippen molar-refractivity contribution < 1.29 is 18.0 Å². The molecule has 1 fully saturated rings. The molecule has 0 saturated carbocycles. The third-order valence-corrected chi connectivity index (χ3v) is 5.37. The van der Waals surface area contributed by atoms with Crippen molar-refractivity contribution in [1.29, 1.82) is 0 Å². The summed E-state index contributed by atoms with van der Waals surface area (Å²) < 4.78 is 38.7. The lowest BCUT2D eigenvalue weighted by Gasteiger charge is -2.28. The van der Waals surface area contributed by atoms with Crippen LogP contribution in [0.3, 0.4) is 0 Å². The maximum Gasteiger partial charge on any atom is 0.416 e. The molecule has 3 aromatic rings. The van der Waals surface area contributed by atoms with E-state index in [1.165, 1.54) is 18.6 Å². The van der Waals surface area contributed by atoms with E-state index in [0.29, 0.717) is 17.3 Å². The lowest BCUT2D eigenvalue weighted by molar-refractivity contribution is -0.137. The largest absolute Gasteiger partial charge is 0.416 e. The normalized spacial score (nSPS) is 14.1. The van der Waals surface area contributed by atoms with E-state index in [1.54, 1.807) is 24.3 Å². The van der Waals surface area contributed by atoms with E-state index in [1.807, 2.05) is 13.0 Å². The minimum Gasteiger partial charge on any atom is -0.356 e. The minimum absolute atomic E-state index is 0.0614. The Balaban J connectivity index is 1.43. The highest BCUT2D eigenvalue weighted by atomic mass is 19.4. The molecule has 6 nitrogen and oxygen atoms in total. The number of benzene rings is 2. The Morgan fingerprint density at radius 3 is 2.33 bits per heavy atom. The number of aromatic nitrogens is 2. The molecule has 1 aromatic heterocycles. The Morgan fingerprint density at radius 2 is 1.64 bits per heavy atom. The highest BCUT2D eigenvalue weighted by Gasteiger charge is 2.30. The Morgan fingerprint density at radius 1 is 0.939 bits per heavy atom. The predicted octanol–water partition coefficient (Wildman–Crippen LogP) is 5.79. The Kier molecular flexibility index (Phi) is 6.48. The molecule has 0 unspecified atom stereocenters. The van der Waals surface area contributed by atoms with Crippen molar-refractivity contribution in [2.45, 2.75) is 32.4 Å². The molecule has 0 bridgehead atoms. The van der Waals surface area contributed by atoms with Crippen LogP contribution in [0.1, 0.15) is 41.0 Å². The monoisotopic (exact) mass is 455 g/mol. The fourth-order valence-electron chi connectivity index (χ4n) is 3.73. The number of nitrogens with one attached hydrogen (secondary N) is 2. The van der Waals surface area contributed by atoms with Gasteiger partial charge in [0.2, 0.25) is 0 Å². The summed E-state index contributed by atoms with van der Waals surface area (Å²) in [7, 11) is 0. The molecule has 0 aliphatic carbocycles. The van der Waals surface area contributed by atoms with Crippen LogP contribution in [0.25, 0.3) is 0 Å². The van der Waals surface area contributed by atoms with Crippen molar-refractivity contribution in [3.05, 3.63) is 71.5 Å². The summed E-state index contributed by atoms with van der Waals surface area (Å²) >= 11 is 0. The van der Waals surface area contributed by atoms with Gasteiger partial charge in [-0.3, -0.25) is 4.79 Å². The molecule has 4 rings (SSSR count). The SMILES string of the molecule is Cc1nc(Nc2ccc(NC(=O)c3cccc(C(F)(F)F)c3)cc2)cc(N2CCCCC2)n1. The number of amides is 1. The predicted molar refractivity (Wildman–Crippen MR) is 122 cm³/mol. The summed E-state index contributed by atoms with van der Waals surface area (Å²) in [4.78, 5) is 23.6. The topological polar surface area (TPSA) is 70.2 Å². The first-order chi connectivity index (χ1) is 15.8. The zero-order chi connectivity index (χ0) is 23.4. The lowest BCUT2D eigenvalue weighted by Crippen LogP contribution is -2.30. The van der Waals surface area contributed by atoms with E-state index < -0.39 is 17.6 Å². The Labute approximate surface area is 189 Å². The van der Waals surface area contributed by atoms with E-state index in [9.17, 15) is 18.0 Å².